The van der Waals surface area contributed by atoms with Gasteiger partial charge >= 0.3 is 6.01 Å². The summed E-state index contributed by atoms with van der Waals surface area (Å²) in [6.45, 7) is 0.775. The normalized spacial score (nSPS) is 10.1. The first-order valence-corrected chi connectivity index (χ1v) is 6.44. The molecule has 2 heterocycles. The molecular weight excluding hydrogens is 250 g/mol. The number of thiophene rings is 1. The van der Waals surface area contributed by atoms with E-state index in [9.17, 15) is 0 Å². The summed E-state index contributed by atoms with van der Waals surface area (Å²) in [4.78, 5) is 13.7. The summed E-state index contributed by atoms with van der Waals surface area (Å²) in [7, 11) is 3.29. The van der Waals surface area contributed by atoms with Crippen molar-refractivity contribution in [3.05, 3.63) is 22.4 Å². The van der Waals surface area contributed by atoms with Gasteiger partial charge in [-0.2, -0.15) is 15.0 Å². The van der Waals surface area contributed by atoms with E-state index in [0.717, 1.165) is 13.0 Å². The van der Waals surface area contributed by atoms with Gasteiger partial charge in [-0.15, -0.1) is 11.3 Å². The Morgan fingerprint density at radius 1 is 1.28 bits per heavy atom. The summed E-state index contributed by atoms with van der Waals surface area (Å²) in [6, 6.07) is 4.46. The number of methoxy groups -OCH3 is 1. The highest BCUT2D eigenvalue weighted by Crippen LogP contribution is 2.12. The average Bonchev–Trinajstić information content (AvgIpc) is 2.91. The Morgan fingerprint density at radius 3 is 2.78 bits per heavy atom. The van der Waals surface area contributed by atoms with Gasteiger partial charge in [0.25, 0.3) is 0 Å². The summed E-state index contributed by atoms with van der Waals surface area (Å²) >= 11 is 1.74. The van der Waals surface area contributed by atoms with Crippen LogP contribution in [-0.4, -0.2) is 35.7 Å². The molecule has 0 aliphatic rings. The molecule has 7 heteroatoms. The van der Waals surface area contributed by atoms with Crippen molar-refractivity contribution in [2.45, 2.75) is 6.42 Å². The molecule has 0 fully saturated rings. The van der Waals surface area contributed by atoms with Crippen molar-refractivity contribution in [1.82, 2.24) is 15.0 Å². The largest absolute Gasteiger partial charge is 0.467 e. The molecule has 0 saturated carbocycles. The predicted octanol–water partition coefficient (Wildman–Crippen LogP) is 1.64. The van der Waals surface area contributed by atoms with Crippen molar-refractivity contribution in [1.29, 1.82) is 0 Å². The van der Waals surface area contributed by atoms with Crippen LogP contribution in [0, 0.1) is 0 Å². The average molecular weight is 265 g/mol. The molecule has 2 aromatic heterocycles. The van der Waals surface area contributed by atoms with E-state index in [4.69, 9.17) is 4.74 Å². The zero-order valence-corrected chi connectivity index (χ0v) is 11.1. The number of ether oxygens (including phenoxy) is 1. The predicted molar refractivity (Wildman–Crippen MR) is 72.4 cm³/mol. The second kappa shape index (κ2) is 6.15. The molecule has 2 rings (SSSR count). The van der Waals surface area contributed by atoms with Gasteiger partial charge in [0.2, 0.25) is 11.9 Å². The van der Waals surface area contributed by atoms with E-state index in [-0.39, 0.29) is 0 Å². The SMILES string of the molecule is CNc1nc(NCCc2cccs2)nc(OC)n1. The first-order chi connectivity index (χ1) is 8.81. The Bertz CT molecular complexity index is 466. The Balaban J connectivity index is 1.95. The van der Waals surface area contributed by atoms with Gasteiger partial charge in [-0.1, -0.05) is 6.07 Å². The lowest BCUT2D eigenvalue weighted by molar-refractivity contribution is 0.379. The third-order valence-electron chi connectivity index (χ3n) is 2.26. The number of nitrogens with zero attached hydrogens (tertiary/aromatic N) is 3. The number of aromatic nitrogens is 3. The van der Waals surface area contributed by atoms with Gasteiger partial charge in [0.1, 0.15) is 0 Å². The maximum Gasteiger partial charge on any atom is 0.322 e. The molecule has 0 amide bonds. The van der Waals surface area contributed by atoms with Crippen LogP contribution in [0.1, 0.15) is 4.88 Å². The first-order valence-electron chi connectivity index (χ1n) is 5.56. The summed E-state index contributed by atoms with van der Waals surface area (Å²) in [5.41, 5.74) is 0. The maximum absolute atomic E-state index is 5.01. The van der Waals surface area contributed by atoms with Crippen LogP contribution in [0.15, 0.2) is 17.5 Å². The van der Waals surface area contributed by atoms with Crippen LogP contribution in [0.2, 0.25) is 0 Å². The van der Waals surface area contributed by atoms with Crippen LogP contribution in [0.3, 0.4) is 0 Å². The summed E-state index contributed by atoms with van der Waals surface area (Å²) in [6.07, 6.45) is 0.945. The van der Waals surface area contributed by atoms with Crippen molar-refractivity contribution in [3.8, 4) is 6.01 Å². The highest BCUT2D eigenvalue weighted by Gasteiger charge is 2.05. The van der Waals surface area contributed by atoms with Gasteiger partial charge in [-0.3, -0.25) is 0 Å². The molecule has 2 N–H and O–H groups in total. The fourth-order valence-corrected chi connectivity index (χ4v) is 2.10. The van der Waals surface area contributed by atoms with Crippen LogP contribution < -0.4 is 15.4 Å². The Kier molecular flexibility index (Phi) is 4.30. The minimum absolute atomic E-state index is 0.299. The van der Waals surface area contributed by atoms with Crippen molar-refractivity contribution < 1.29 is 4.74 Å². The molecule has 0 aliphatic heterocycles. The van der Waals surface area contributed by atoms with E-state index < -0.39 is 0 Å². The Morgan fingerprint density at radius 2 is 2.11 bits per heavy atom. The highest BCUT2D eigenvalue weighted by atomic mass is 32.1. The second-order valence-corrected chi connectivity index (χ2v) is 4.51. The molecule has 2 aromatic rings. The number of anilines is 2. The number of hydrogen-bond acceptors (Lipinski definition) is 7. The molecular formula is C11H15N5OS. The van der Waals surface area contributed by atoms with Crippen LogP contribution >= 0.6 is 11.3 Å². The molecule has 0 saturated heterocycles. The van der Waals surface area contributed by atoms with Gasteiger partial charge in [-0.25, -0.2) is 0 Å². The van der Waals surface area contributed by atoms with E-state index >= 15 is 0 Å². The van der Waals surface area contributed by atoms with Gasteiger partial charge in [0, 0.05) is 18.5 Å². The molecule has 0 unspecified atom stereocenters. The molecule has 96 valence electrons. The van der Waals surface area contributed by atoms with E-state index in [1.165, 1.54) is 12.0 Å². The zero-order chi connectivity index (χ0) is 12.8. The van der Waals surface area contributed by atoms with Crippen molar-refractivity contribution >= 4 is 23.2 Å². The van der Waals surface area contributed by atoms with Crippen molar-refractivity contribution in [2.75, 3.05) is 31.3 Å². The quantitative estimate of drug-likeness (QED) is 0.827. The van der Waals surface area contributed by atoms with Crippen molar-refractivity contribution in [3.63, 3.8) is 0 Å². The third kappa shape index (κ3) is 3.30. The van der Waals surface area contributed by atoms with Crippen LogP contribution in [0.5, 0.6) is 6.01 Å². The van der Waals surface area contributed by atoms with Gasteiger partial charge < -0.3 is 15.4 Å². The fraction of sp³-hybridized carbons (Fsp3) is 0.364. The Labute approximate surface area is 109 Å². The number of rotatable bonds is 6. The number of hydrogen-bond donors (Lipinski definition) is 2. The summed E-state index contributed by atoms with van der Waals surface area (Å²) < 4.78 is 5.01. The molecule has 0 radical (unpaired) electrons. The monoisotopic (exact) mass is 265 g/mol. The maximum atomic E-state index is 5.01. The van der Waals surface area contributed by atoms with Crippen LogP contribution in [-0.2, 0) is 6.42 Å². The molecule has 6 nitrogen and oxygen atoms in total. The highest BCUT2D eigenvalue weighted by molar-refractivity contribution is 7.09. The van der Waals surface area contributed by atoms with Crippen LogP contribution in [0.25, 0.3) is 0 Å². The Hall–Kier alpha value is -1.89. The van der Waals surface area contributed by atoms with Gasteiger partial charge in [-0.05, 0) is 17.9 Å². The zero-order valence-electron chi connectivity index (χ0n) is 10.3. The molecule has 0 aromatic carbocycles. The molecule has 0 spiro atoms. The third-order valence-corrected chi connectivity index (χ3v) is 3.19. The minimum Gasteiger partial charge on any atom is -0.467 e. The van der Waals surface area contributed by atoms with E-state index in [1.54, 1.807) is 18.4 Å². The van der Waals surface area contributed by atoms with E-state index in [1.807, 2.05) is 6.07 Å². The fourth-order valence-electron chi connectivity index (χ4n) is 1.39. The summed E-state index contributed by atoms with van der Waals surface area (Å²) in [5.74, 6) is 1.00. The first kappa shape index (κ1) is 12.6. The smallest absolute Gasteiger partial charge is 0.322 e. The van der Waals surface area contributed by atoms with Crippen molar-refractivity contribution in [2.24, 2.45) is 0 Å². The molecule has 18 heavy (non-hydrogen) atoms. The van der Waals surface area contributed by atoms with E-state index in [2.05, 4.69) is 37.0 Å². The minimum atomic E-state index is 0.299. The molecule has 0 atom stereocenters. The standard InChI is InChI=1S/C11H15N5OS/c1-12-9-14-10(16-11(15-9)17-2)13-6-5-8-4-3-7-18-8/h3-4,7H,5-6H2,1-2H3,(H2,12,13,14,15,16). The van der Waals surface area contributed by atoms with Crippen LogP contribution in [0.4, 0.5) is 11.9 Å². The second-order valence-electron chi connectivity index (χ2n) is 3.48. The van der Waals surface area contributed by atoms with E-state index in [0.29, 0.717) is 17.9 Å². The lowest BCUT2D eigenvalue weighted by Crippen LogP contribution is -2.10. The van der Waals surface area contributed by atoms with Gasteiger partial charge in [0.15, 0.2) is 0 Å². The lowest BCUT2D eigenvalue weighted by atomic mass is 10.3. The summed E-state index contributed by atoms with van der Waals surface area (Å²) in [5, 5.41) is 8.09. The molecule has 0 aliphatic carbocycles. The van der Waals surface area contributed by atoms with Gasteiger partial charge in [0.05, 0.1) is 7.11 Å². The topological polar surface area (TPSA) is 72.0 Å². The lowest BCUT2D eigenvalue weighted by Gasteiger charge is -2.07. The number of nitrogens with one attached hydrogen (secondary N) is 2. The molecule has 0 bridgehead atoms.